The molecular weight excluding hydrogens is 457 g/mol. The van der Waals surface area contributed by atoms with Gasteiger partial charge in [0.25, 0.3) is 0 Å². The van der Waals surface area contributed by atoms with Crippen LogP contribution in [0.25, 0.3) is 0 Å². The van der Waals surface area contributed by atoms with Gasteiger partial charge in [0.15, 0.2) is 0 Å². The Morgan fingerprint density at radius 3 is 1.21 bits per heavy atom. The summed E-state index contributed by atoms with van der Waals surface area (Å²) >= 11 is 0. The van der Waals surface area contributed by atoms with Gasteiger partial charge < -0.3 is 4.90 Å². The Kier molecular flexibility index (Phi) is 5.24. The molecule has 0 amide bonds. The minimum absolute atomic E-state index is 0.0277. The highest BCUT2D eigenvalue weighted by molar-refractivity contribution is 8.45. The van der Waals surface area contributed by atoms with Gasteiger partial charge in [-0.25, -0.2) is 0 Å². The van der Waals surface area contributed by atoms with Gasteiger partial charge in [-0.05, 0) is 72.8 Å². The van der Waals surface area contributed by atoms with Crippen LogP contribution in [0.4, 0.5) is 47.9 Å². The summed E-state index contributed by atoms with van der Waals surface area (Å²) in [6, 6.07) is 29.0. The third-order valence-corrected chi connectivity index (χ3v) is 5.86. The standard InChI is InChI=1S/C24H18F5N3S/c25-33(26,27,28,29)24-17-13-20(14-18-24)31-30-19-11-15-23(16-12-19)32(21-7-3-1-4-8-21)22-9-5-2-6-10-22/h1-18H. The Balaban J connectivity index is 1.57. The van der Waals surface area contributed by atoms with Crippen LogP contribution in [-0.2, 0) is 0 Å². The smallest absolute Gasteiger partial charge is 0.310 e. The molecular formula is C24H18F5N3S. The lowest BCUT2D eigenvalue weighted by Gasteiger charge is -2.40. The molecule has 0 saturated carbocycles. The van der Waals surface area contributed by atoms with E-state index in [2.05, 4.69) is 15.1 Å². The molecule has 0 bridgehead atoms. The first kappa shape index (κ1) is 22.5. The van der Waals surface area contributed by atoms with Crippen LogP contribution in [0.5, 0.6) is 0 Å². The summed E-state index contributed by atoms with van der Waals surface area (Å²) in [6.45, 7) is 0. The topological polar surface area (TPSA) is 28.0 Å². The van der Waals surface area contributed by atoms with Gasteiger partial charge in [-0.2, -0.15) is 10.2 Å². The number of nitrogens with zero attached hydrogens (tertiary/aromatic N) is 3. The minimum atomic E-state index is -9.70. The summed E-state index contributed by atoms with van der Waals surface area (Å²) in [6.07, 6.45) is 0. The maximum Gasteiger partial charge on any atom is 0.310 e. The fraction of sp³-hybridized carbons (Fsp3) is 0. The minimum Gasteiger partial charge on any atom is -0.311 e. The van der Waals surface area contributed by atoms with Crippen molar-refractivity contribution in [1.82, 2.24) is 0 Å². The van der Waals surface area contributed by atoms with Crippen molar-refractivity contribution >= 4 is 38.7 Å². The first-order chi connectivity index (χ1) is 15.5. The quantitative estimate of drug-likeness (QED) is 0.201. The number of hydrogen-bond acceptors (Lipinski definition) is 3. The number of para-hydroxylation sites is 2. The van der Waals surface area contributed by atoms with Crippen molar-refractivity contribution in [1.29, 1.82) is 0 Å². The Morgan fingerprint density at radius 1 is 0.455 bits per heavy atom. The van der Waals surface area contributed by atoms with E-state index in [0.29, 0.717) is 17.8 Å². The zero-order valence-corrected chi connectivity index (χ0v) is 17.8. The summed E-state index contributed by atoms with van der Waals surface area (Å²) in [5, 5.41) is 7.84. The first-order valence-corrected chi connectivity index (χ1v) is 11.7. The monoisotopic (exact) mass is 475 g/mol. The Labute approximate surface area is 187 Å². The third kappa shape index (κ3) is 5.56. The van der Waals surface area contributed by atoms with E-state index in [0.717, 1.165) is 29.2 Å². The van der Waals surface area contributed by atoms with Crippen LogP contribution in [0, 0.1) is 0 Å². The highest BCUT2D eigenvalue weighted by Gasteiger charge is 2.65. The molecule has 0 radical (unpaired) electrons. The van der Waals surface area contributed by atoms with E-state index in [9.17, 15) is 19.4 Å². The van der Waals surface area contributed by atoms with Crippen molar-refractivity contribution in [3.63, 3.8) is 0 Å². The predicted molar refractivity (Wildman–Crippen MR) is 123 cm³/mol. The van der Waals surface area contributed by atoms with Crippen LogP contribution in [0.1, 0.15) is 0 Å². The second kappa shape index (κ2) is 7.70. The maximum atomic E-state index is 12.8. The van der Waals surface area contributed by atoms with Crippen LogP contribution in [0.15, 0.2) is 124 Å². The van der Waals surface area contributed by atoms with Crippen molar-refractivity contribution in [3.05, 3.63) is 109 Å². The van der Waals surface area contributed by atoms with E-state index in [1.54, 1.807) is 12.1 Å². The number of halogens is 5. The second-order valence-corrected chi connectivity index (χ2v) is 9.60. The molecule has 0 aliphatic carbocycles. The van der Waals surface area contributed by atoms with E-state index < -0.39 is 15.1 Å². The molecule has 4 aromatic rings. The van der Waals surface area contributed by atoms with Crippen molar-refractivity contribution in [2.75, 3.05) is 4.90 Å². The van der Waals surface area contributed by atoms with Crippen molar-refractivity contribution in [2.45, 2.75) is 4.90 Å². The molecule has 0 atom stereocenters. The lowest BCUT2D eigenvalue weighted by atomic mass is 10.2. The molecule has 0 spiro atoms. The van der Waals surface area contributed by atoms with Gasteiger partial charge in [0.05, 0.1) is 11.4 Å². The fourth-order valence-corrected chi connectivity index (χ4v) is 3.81. The van der Waals surface area contributed by atoms with Crippen molar-refractivity contribution < 1.29 is 19.4 Å². The molecule has 0 N–H and O–H groups in total. The number of rotatable bonds is 6. The number of anilines is 3. The van der Waals surface area contributed by atoms with Gasteiger partial charge >= 0.3 is 10.2 Å². The van der Waals surface area contributed by atoms with E-state index >= 15 is 0 Å². The average molecular weight is 475 g/mol. The normalized spacial score (nSPS) is 14.0. The Hall–Kier alpha value is -3.72. The molecule has 0 fully saturated rings. The zero-order valence-electron chi connectivity index (χ0n) is 17.0. The summed E-state index contributed by atoms with van der Waals surface area (Å²) in [4.78, 5) is 0.0971. The molecule has 0 aliphatic heterocycles. The largest absolute Gasteiger partial charge is 0.311 e. The molecule has 33 heavy (non-hydrogen) atoms. The molecule has 170 valence electrons. The van der Waals surface area contributed by atoms with Gasteiger partial charge in [-0.3, -0.25) is 0 Å². The van der Waals surface area contributed by atoms with Crippen LogP contribution in [-0.4, -0.2) is 0 Å². The van der Waals surface area contributed by atoms with Crippen molar-refractivity contribution in [3.8, 4) is 0 Å². The van der Waals surface area contributed by atoms with Crippen LogP contribution in [0.2, 0.25) is 0 Å². The Bertz CT molecular complexity index is 1220. The molecule has 0 unspecified atom stereocenters. The molecule has 0 aromatic heterocycles. The van der Waals surface area contributed by atoms with Gasteiger partial charge in [-0.1, -0.05) is 55.8 Å². The number of azo groups is 1. The van der Waals surface area contributed by atoms with Crippen LogP contribution < -0.4 is 4.90 Å². The third-order valence-electron chi connectivity index (χ3n) is 4.70. The highest BCUT2D eigenvalue weighted by atomic mass is 32.5. The molecule has 4 aromatic carbocycles. The van der Waals surface area contributed by atoms with Gasteiger partial charge in [0, 0.05) is 17.1 Å². The summed E-state index contributed by atoms with van der Waals surface area (Å²) in [7, 11) is -9.70. The maximum absolute atomic E-state index is 12.8. The highest BCUT2D eigenvalue weighted by Crippen LogP contribution is 3.02. The summed E-state index contributed by atoms with van der Waals surface area (Å²) in [5.74, 6) is 0. The van der Waals surface area contributed by atoms with E-state index in [-0.39, 0.29) is 5.69 Å². The molecule has 0 aliphatic rings. The second-order valence-electron chi connectivity index (χ2n) is 7.19. The number of hydrogen-bond donors (Lipinski definition) is 0. The lowest BCUT2D eigenvalue weighted by molar-refractivity contribution is 0.364. The Morgan fingerprint density at radius 2 is 0.818 bits per heavy atom. The average Bonchev–Trinajstić information content (AvgIpc) is 2.79. The number of benzene rings is 4. The lowest BCUT2D eigenvalue weighted by Crippen LogP contribution is -2.09. The van der Waals surface area contributed by atoms with E-state index in [1.165, 1.54) is 0 Å². The zero-order chi connectivity index (χ0) is 23.6. The van der Waals surface area contributed by atoms with Gasteiger partial charge in [-0.15, -0.1) is 0 Å². The van der Waals surface area contributed by atoms with E-state index in [4.69, 9.17) is 0 Å². The summed E-state index contributed by atoms with van der Waals surface area (Å²) < 4.78 is 64.1. The molecule has 9 heteroatoms. The van der Waals surface area contributed by atoms with Crippen LogP contribution >= 0.6 is 10.2 Å². The SMILES string of the molecule is FS(F)(F)(F)(F)c1ccc(N=Nc2ccc(N(c3ccccc3)c3ccccc3)cc2)cc1. The summed E-state index contributed by atoms with van der Waals surface area (Å²) in [5.41, 5.74) is 3.27. The van der Waals surface area contributed by atoms with Gasteiger partial charge in [0.1, 0.15) is 4.90 Å². The van der Waals surface area contributed by atoms with Crippen LogP contribution in [0.3, 0.4) is 0 Å². The molecule has 0 heterocycles. The van der Waals surface area contributed by atoms with E-state index in [1.807, 2.05) is 72.8 Å². The molecule has 4 rings (SSSR count). The first-order valence-electron chi connectivity index (χ1n) is 9.76. The molecule has 3 nitrogen and oxygen atoms in total. The van der Waals surface area contributed by atoms with Crippen molar-refractivity contribution in [2.24, 2.45) is 10.2 Å². The predicted octanol–water partition coefficient (Wildman–Crippen LogP) is 10.2. The fourth-order valence-electron chi connectivity index (χ4n) is 3.16. The van der Waals surface area contributed by atoms with Gasteiger partial charge in [0.2, 0.25) is 0 Å². The molecule has 0 saturated heterocycles.